The van der Waals surface area contributed by atoms with Crippen molar-refractivity contribution in [3.05, 3.63) is 24.3 Å². The third kappa shape index (κ3) is 14.7. The normalized spacial score (nSPS) is 10.7. The molecule has 0 fully saturated rings. The van der Waals surface area contributed by atoms with Gasteiger partial charge in [0.05, 0.1) is 13.2 Å². The Morgan fingerprint density at radius 2 is 0.900 bits per heavy atom. The highest BCUT2D eigenvalue weighted by atomic mass is 16.5. The van der Waals surface area contributed by atoms with Crippen LogP contribution in [0.25, 0.3) is 0 Å². The maximum atomic E-state index is 10.5. The lowest BCUT2D eigenvalue weighted by Crippen LogP contribution is -2.03. The van der Waals surface area contributed by atoms with Gasteiger partial charge in [0.25, 0.3) is 0 Å². The van der Waals surface area contributed by atoms with Crippen molar-refractivity contribution in [3.63, 3.8) is 0 Å². The minimum absolute atomic E-state index is 0.175. The topological polar surface area (TPSA) is 93.1 Å². The van der Waals surface area contributed by atoms with Crippen LogP contribution in [0.2, 0.25) is 0 Å². The molecule has 0 saturated heterocycles. The Labute approximate surface area is 180 Å². The van der Waals surface area contributed by atoms with Crippen LogP contribution >= 0.6 is 0 Å². The SMILES string of the molecule is O=C(O)CCCCCCCCCCCCOc1ccccc1OCCCCC(=O)O. The second-order valence-corrected chi connectivity index (χ2v) is 7.67. The molecule has 0 bridgehead atoms. The Morgan fingerprint density at radius 1 is 0.567 bits per heavy atom. The molecule has 6 nitrogen and oxygen atoms in total. The first-order chi connectivity index (χ1) is 14.6. The van der Waals surface area contributed by atoms with Gasteiger partial charge in [0.1, 0.15) is 0 Å². The molecule has 30 heavy (non-hydrogen) atoms. The van der Waals surface area contributed by atoms with Crippen LogP contribution in [0, 0.1) is 0 Å². The van der Waals surface area contributed by atoms with Crippen LogP contribution in [0.15, 0.2) is 24.3 Å². The van der Waals surface area contributed by atoms with Crippen molar-refractivity contribution >= 4 is 11.9 Å². The van der Waals surface area contributed by atoms with Crippen LogP contribution in [0.5, 0.6) is 11.5 Å². The molecule has 2 N–H and O–H groups in total. The van der Waals surface area contributed by atoms with Crippen LogP contribution in [0.3, 0.4) is 0 Å². The molecule has 0 unspecified atom stereocenters. The Morgan fingerprint density at radius 3 is 1.33 bits per heavy atom. The minimum atomic E-state index is -0.772. The summed E-state index contributed by atoms with van der Waals surface area (Å²) in [6.45, 7) is 1.16. The highest BCUT2D eigenvalue weighted by Crippen LogP contribution is 2.27. The first kappa shape index (κ1) is 25.8. The van der Waals surface area contributed by atoms with Gasteiger partial charge in [0.15, 0.2) is 11.5 Å². The van der Waals surface area contributed by atoms with Gasteiger partial charge in [0, 0.05) is 12.8 Å². The van der Waals surface area contributed by atoms with Crippen molar-refractivity contribution in [1.29, 1.82) is 0 Å². The molecule has 0 saturated carbocycles. The summed E-state index contributed by atoms with van der Waals surface area (Å²) in [5.41, 5.74) is 0. The third-order valence-electron chi connectivity index (χ3n) is 4.93. The van der Waals surface area contributed by atoms with Crippen LogP contribution in [0.1, 0.15) is 89.9 Å². The summed E-state index contributed by atoms with van der Waals surface area (Å²) in [5.74, 6) is 0.00417. The van der Waals surface area contributed by atoms with Crippen molar-refractivity contribution in [3.8, 4) is 11.5 Å². The third-order valence-corrected chi connectivity index (χ3v) is 4.93. The van der Waals surface area contributed by atoms with Crippen LogP contribution in [-0.2, 0) is 9.59 Å². The monoisotopic (exact) mass is 422 g/mol. The zero-order valence-corrected chi connectivity index (χ0v) is 18.2. The molecule has 6 heteroatoms. The molecule has 0 aromatic heterocycles. The fraction of sp³-hybridized carbons (Fsp3) is 0.667. The van der Waals surface area contributed by atoms with E-state index in [9.17, 15) is 9.59 Å². The predicted molar refractivity (Wildman–Crippen MR) is 117 cm³/mol. The molecular weight excluding hydrogens is 384 g/mol. The Balaban J connectivity index is 2.00. The van der Waals surface area contributed by atoms with Crippen molar-refractivity contribution in [2.24, 2.45) is 0 Å². The number of aliphatic carboxylic acids is 2. The maximum absolute atomic E-state index is 10.5. The number of carboxylic acids is 2. The molecule has 0 aliphatic carbocycles. The van der Waals surface area contributed by atoms with Gasteiger partial charge in [-0.1, -0.05) is 63.5 Å². The molecule has 170 valence electrons. The second-order valence-electron chi connectivity index (χ2n) is 7.67. The number of unbranched alkanes of at least 4 members (excludes halogenated alkanes) is 10. The first-order valence-corrected chi connectivity index (χ1v) is 11.4. The van der Waals surface area contributed by atoms with E-state index in [0.717, 1.165) is 43.6 Å². The molecule has 0 radical (unpaired) electrons. The van der Waals surface area contributed by atoms with Crippen molar-refractivity contribution < 1.29 is 29.3 Å². The largest absolute Gasteiger partial charge is 0.490 e. The lowest BCUT2D eigenvalue weighted by Gasteiger charge is -2.12. The van der Waals surface area contributed by atoms with E-state index in [1.54, 1.807) is 0 Å². The standard InChI is InChI=1S/C24H38O6/c25-23(26)17-9-7-5-3-1-2-4-6-8-13-19-29-21-15-10-11-16-22(21)30-20-14-12-18-24(27)28/h10-11,15-16H,1-9,12-14,17-20H2,(H,25,26)(H,27,28). The van der Waals surface area contributed by atoms with Crippen LogP contribution < -0.4 is 9.47 Å². The molecule has 1 aromatic carbocycles. The van der Waals surface area contributed by atoms with Gasteiger partial charge in [-0.15, -0.1) is 0 Å². The molecular formula is C24H38O6. The van der Waals surface area contributed by atoms with E-state index in [0.29, 0.717) is 32.5 Å². The van der Waals surface area contributed by atoms with Crippen molar-refractivity contribution in [2.45, 2.75) is 89.9 Å². The first-order valence-electron chi connectivity index (χ1n) is 11.4. The van der Waals surface area contributed by atoms with E-state index in [-0.39, 0.29) is 6.42 Å². The van der Waals surface area contributed by atoms with E-state index in [4.69, 9.17) is 19.7 Å². The molecule has 1 aromatic rings. The highest BCUT2D eigenvalue weighted by Gasteiger charge is 2.05. The van der Waals surface area contributed by atoms with E-state index in [2.05, 4.69) is 0 Å². The van der Waals surface area contributed by atoms with Crippen LogP contribution in [-0.4, -0.2) is 35.4 Å². The smallest absolute Gasteiger partial charge is 0.303 e. The predicted octanol–water partition coefficient (Wildman–Crippen LogP) is 6.07. The number of rotatable bonds is 20. The average Bonchev–Trinajstić information content (AvgIpc) is 2.71. The van der Waals surface area contributed by atoms with Gasteiger partial charge in [-0.05, 0) is 37.8 Å². The summed E-state index contributed by atoms with van der Waals surface area (Å²) < 4.78 is 11.6. The van der Waals surface area contributed by atoms with Crippen molar-refractivity contribution in [1.82, 2.24) is 0 Å². The molecule has 0 amide bonds. The number of carboxylic acid groups (broad SMARTS) is 2. The van der Waals surface area contributed by atoms with Crippen LogP contribution in [0.4, 0.5) is 0 Å². The quantitative estimate of drug-likeness (QED) is 0.248. The number of para-hydroxylation sites is 2. The molecule has 0 aliphatic rings. The summed E-state index contributed by atoms with van der Waals surface area (Å²) in [4.78, 5) is 21.0. The maximum Gasteiger partial charge on any atom is 0.303 e. The van der Waals surface area contributed by atoms with Crippen molar-refractivity contribution in [2.75, 3.05) is 13.2 Å². The number of ether oxygens (including phenoxy) is 2. The summed E-state index contributed by atoms with van der Waals surface area (Å²) in [6.07, 6.45) is 13.1. The van der Waals surface area contributed by atoms with E-state index in [1.165, 1.54) is 32.1 Å². The summed E-state index contributed by atoms with van der Waals surface area (Å²) in [6, 6.07) is 7.62. The average molecular weight is 423 g/mol. The lowest BCUT2D eigenvalue weighted by atomic mass is 10.1. The van der Waals surface area contributed by atoms with E-state index in [1.807, 2.05) is 24.3 Å². The second kappa shape index (κ2) is 17.6. The zero-order chi connectivity index (χ0) is 21.9. The highest BCUT2D eigenvalue weighted by molar-refractivity contribution is 5.66. The number of hydrogen-bond donors (Lipinski definition) is 2. The Bertz CT molecular complexity index is 587. The summed E-state index contributed by atoms with van der Waals surface area (Å²) in [5, 5.41) is 17.2. The molecule has 0 spiro atoms. The summed E-state index contributed by atoms with van der Waals surface area (Å²) in [7, 11) is 0. The van der Waals surface area contributed by atoms with Gasteiger partial charge in [-0.25, -0.2) is 0 Å². The minimum Gasteiger partial charge on any atom is -0.490 e. The van der Waals surface area contributed by atoms with Gasteiger partial charge in [0.2, 0.25) is 0 Å². The molecule has 0 heterocycles. The Kier molecular flexibility index (Phi) is 15.1. The van der Waals surface area contributed by atoms with Gasteiger partial charge in [-0.3, -0.25) is 9.59 Å². The number of benzene rings is 1. The van der Waals surface area contributed by atoms with E-state index >= 15 is 0 Å². The molecule has 0 aliphatic heterocycles. The fourth-order valence-electron chi connectivity index (χ4n) is 3.22. The molecule has 1 rings (SSSR count). The molecule has 0 atom stereocenters. The summed E-state index contributed by atoms with van der Waals surface area (Å²) >= 11 is 0. The van der Waals surface area contributed by atoms with E-state index < -0.39 is 11.9 Å². The fourth-order valence-corrected chi connectivity index (χ4v) is 3.22. The lowest BCUT2D eigenvalue weighted by molar-refractivity contribution is -0.138. The number of hydrogen-bond acceptors (Lipinski definition) is 4. The van der Waals surface area contributed by atoms with Gasteiger partial charge < -0.3 is 19.7 Å². The Hall–Kier alpha value is -2.24. The van der Waals surface area contributed by atoms with Gasteiger partial charge >= 0.3 is 11.9 Å². The zero-order valence-electron chi connectivity index (χ0n) is 18.2. The number of carbonyl (C=O) groups is 2. The van der Waals surface area contributed by atoms with Gasteiger partial charge in [-0.2, -0.15) is 0 Å².